The lowest BCUT2D eigenvalue weighted by Crippen LogP contribution is -2.36. The Balaban J connectivity index is 1.83. The highest BCUT2D eigenvalue weighted by atomic mass is 16.6. The van der Waals surface area contributed by atoms with E-state index in [0.717, 1.165) is 5.56 Å². The van der Waals surface area contributed by atoms with E-state index in [1.54, 1.807) is 7.05 Å². The van der Waals surface area contributed by atoms with E-state index in [0.29, 0.717) is 59.4 Å². The van der Waals surface area contributed by atoms with Gasteiger partial charge >= 0.3 is 6.09 Å². The molecule has 0 spiro atoms. The Morgan fingerprint density at radius 3 is 1.86 bits per heavy atom. The molecule has 0 N–H and O–H groups in total. The van der Waals surface area contributed by atoms with Gasteiger partial charge < -0.3 is 28.6 Å². The predicted molar refractivity (Wildman–Crippen MR) is 107 cm³/mol. The van der Waals surface area contributed by atoms with Crippen LogP contribution in [-0.2, 0) is 30.3 Å². The van der Waals surface area contributed by atoms with E-state index >= 15 is 0 Å². The van der Waals surface area contributed by atoms with Crippen molar-refractivity contribution in [2.24, 2.45) is 0 Å². The second-order valence-electron chi connectivity index (χ2n) is 7.28. The van der Waals surface area contributed by atoms with Crippen LogP contribution in [0.4, 0.5) is 4.79 Å². The van der Waals surface area contributed by atoms with Gasteiger partial charge in [0.15, 0.2) is 0 Å². The number of carbonyl (C=O) groups excluding carboxylic acids is 1. The maximum atomic E-state index is 11.8. The number of benzene rings is 1. The van der Waals surface area contributed by atoms with Crippen molar-refractivity contribution in [2.75, 3.05) is 59.8 Å². The summed E-state index contributed by atoms with van der Waals surface area (Å²) in [5, 5.41) is 0. The molecule has 0 fully saturated rings. The molecule has 1 amide bonds. The van der Waals surface area contributed by atoms with Gasteiger partial charge in [-0.1, -0.05) is 30.3 Å². The Morgan fingerprint density at radius 2 is 1.32 bits per heavy atom. The van der Waals surface area contributed by atoms with Crippen LogP contribution in [0.15, 0.2) is 30.3 Å². The zero-order valence-corrected chi connectivity index (χ0v) is 17.6. The van der Waals surface area contributed by atoms with Crippen LogP contribution in [0.5, 0.6) is 0 Å². The van der Waals surface area contributed by atoms with Gasteiger partial charge in [0.25, 0.3) is 0 Å². The number of amides is 1. The predicted octanol–water partition coefficient (Wildman–Crippen LogP) is 3.12. The second kappa shape index (κ2) is 14.3. The fourth-order valence-electron chi connectivity index (χ4n) is 2.06. The van der Waals surface area contributed by atoms with E-state index in [4.69, 9.17) is 23.7 Å². The van der Waals surface area contributed by atoms with Gasteiger partial charge in [-0.05, 0) is 26.3 Å². The zero-order chi connectivity index (χ0) is 20.7. The second-order valence-corrected chi connectivity index (χ2v) is 7.28. The first-order valence-corrected chi connectivity index (χ1v) is 9.67. The molecule has 0 saturated carbocycles. The van der Waals surface area contributed by atoms with Crippen LogP contribution in [0, 0.1) is 0 Å². The minimum Gasteiger partial charge on any atom is -0.444 e. The van der Waals surface area contributed by atoms with E-state index in [2.05, 4.69) is 0 Å². The fraction of sp³-hybridized carbons (Fsp3) is 0.667. The maximum Gasteiger partial charge on any atom is 0.410 e. The molecule has 28 heavy (non-hydrogen) atoms. The number of hydrogen-bond donors (Lipinski definition) is 0. The zero-order valence-electron chi connectivity index (χ0n) is 17.6. The van der Waals surface area contributed by atoms with Crippen LogP contribution in [0.3, 0.4) is 0 Å². The van der Waals surface area contributed by atoms with Crippen LogP contribution < -0.4 is 0 Å². The van der Waals surface area contributed by atoms with Gasteiger partial charge in [-0.15, -0.1) is 0 Å². The van der Waals surface area contributed by atoms with Crippen LogP contribution in [0.25, 0.3) is 0 Å². The molecule has 0 unspecified atom stereocenters. The molecule has 0 aromatic heterocycles. The topological polar surface area (TPSA) is 66.5 Å². The third-order valence-corrected chi connectivity index (χ3v) is 3.50. The fourth-order valence-corrected chi connectivity index (χ4v) is 2.06. The Hall–Kier alpha value is -1.67. The molecule has 7 heteroatoms. The highest BCUT2D eigenvalue weighted by Gasteiger charge is 2.19. The molecule has 0 heterocycles. The van der Waals surface area contributed by atoms with Crippen molar-refractivity contribution < 1.29 is 28.5 Å². The van der Waals surface area contributed by atoms with E-state index < -0.39 is 5.60 Å². The highest BCUT2D eigenvalue weighted by molar-refractivity contribution is 5.67. The van der Waals surface area contributed by atoms with Gasteiger partial charge in [-0.2, -0.15) is 0 Å². The maximum absolute atomic E-state index is 11.8. The van der Waals surface area contributed by atoms with Crippen molar-refractivity contribution >= 4 is 6.09 Å². The van der Waals surface area contributed by atoms with E-state index in [1.165, 1.54) is 4.90 Å². The molecule has 1 rings (SSSR count). The minimum atomic E-state index is -0.490. The number of likely N-dealkylation sites (N-methyl/N-ethyl adjacent to an activating group) is 1. The van der Waals surface area contributed by atoms with Gasteiger partial charge in [-0.3, -0.25) is 0 Å². The highest BCUT2D eigenvalue weighted by Crippen LogP contribution is 2.08. The SMILES string of the molecule is CN(CCOCCOCCOCCOCc1ccccc1)C(=O)OC(C)(C)C. The first-order valence-electron chi connectivity index (χ1n) is 9.67. The van der Waals surface area contributed by atoms with Gasteiger partial charge in [-0.25, -0.2) is 4.79 Å². The van der Waals surface area contributed by atoms with Gasteiger partial charge in [0.2, 0.25) is 0 Å². The average molecular weight is 398 g/mol. The molecule has 0 radical (unpaired) electrons. The van der Waals surface area contributed by atoms with Gasteiger partial charge in [0.1, 0.15) is 5.60 Å². The van der Waals surface area contributed by atoms with E-state index in [-0.39, 0.29) is 6.09 Å². The Morgan fingerprint density at radius 1 is 0.821 bits per heavy atom. The lowest BCUT2D eigenvalue weighted by atomic mass is 10.2. The smallest absolute Gasteiger partial charge is 0.410 e. The van der Waals surface area contributed by atoms with Crippen LogP contribution in [0.2, 0.25) is 0 Å². The number of hydrogen-bond acceptors (Lipinski definition) is 6. The number of nitrogens with zero attached hydrogens (tertiary/aromatic N) is 1. The molecule has 0 aliphatic rings. The first kappa shape index (κ1) is 24.4. The summed E-state index contributed by atoms with van der Waals surface area (Å²) in [5.74, 6) is 0. The quantitative estimate of drug-likeness (QED) is 0.450. The summed E-state index contributed by atoms with van der Waals surface area (Å²) in [4.78, 5) is 13.3. The minimum absolute atomic E-state index is 0.350. The molecule has 1 aromatic rings. The molecule has 160 valence electrons. The van der Waals surface area contributed by atoms with E-state index in [1.807, 2.05) is 51.1 Å². The first-order chi connectivity index (χ1) is 13.4. The molecule has 1 aromatic carbocycles. The van der Waals surface area contributed by atoms with Crippen molar-refractivity contribution in [3.05, 3.63) is 35.9 Å². The Labute approximate surface area is 168 Å². The van der Waals surface area contributed by atoms with E-state index in [9.17, 15) is 4.79 Å². The average Bonchev–Trinajstić information content (AvgIpc) is 2.64. The molecule has 0 aliphatic heterocycles. The lowest BCUT2D eigenvalue weighted by molar-refractivity contribution is -0.00746. The molecule has 0 aliphatic carbocycles. The Kier molecular flexibility index (Phi) is 12.5. The van der Waals surface area contributed by atoms with Gasteiger partial charge in [0.05, 0.1) is 52.9 Å². The van der Waals surface area contributed by atoms with Crippen LogP contribution in [-0.4, -0.2) is 76.4 Å². The lowest BCUT2D eigenvalue weighted by Gasteiger charge is -2.24. The molecule has 0 bridgehead atoms. The largest absolute Gasteiger partial charge is 0.444 e. The summed E-state index contributed by atoms with van der Waals surface area (Å²) in [6.45, 7) is 10.1. The summed E-state index contributed by atoms with van der Waals surface area (Å²) < 4.78 is 27.1. The third-order valence-electron chi connectivity index (χ3n) is 3.50. The van der Waals surface area contributed by atoms with Crippen LogP contribution >= 0.6 is 0 Å². The monoisotopic (exact) mass is 397 g/mol. The summed E-state index contributed by atoms with van der Waals surface area (Å²) in [6, 6.07) is 10.0. The normalized spacial score (nSPS) is 11.4. The van der Waals surface area contributed by atoms with Gasteiger partial charge in [0, 0.05) is 13.6 Å². The number of carbonyl (C=O) groups is 1. The standard InChI is InChI=1S/C21H35NO6/c1-21(2,3)28-20(23)22(4)10-11-24-12-13-25-14-15-26-16-17-27-18-19-8-6-5-7-9-19/h5-9H,10-18H2,1-4H3. The van der Waals surface area contributed by atoms with Crippen molar-refractivity contribution in [3.63, 3.8) is 0 Å². The summed E-state index contributed by atoms with van der Waals surface area (Å²) in [6.07, 6.45) is -0.350. The summed E-state index contributed by atoms with van der Waals surface area (Å²) in [5.41, 5.74) is 0.666. The Bertz CT molecular complexity index is 517. The van der Waals surface area contributed by atoms with Crippen molar-refractivity contribution in [1.82, 2.24) is 4.90 Å². The molecule has 7 nitrogen and oxygen atoms in total. The molecule has 0 atom stereocenters. The summed E-state index contributed by atoms with van der Waals surface area (Å²) >= 11 is 0. The molecular formula is C21H35NO6. The van der Waals surface area contributed by atoms with Crippen molar-refractivity contribution in [3.8, 4) is 0 Å². The van der Waals surface area contributed by atoms with Crippen molar-refractivity contribution in [2.45, 2.75) is 33.0 Å². The van der Waals surface area contributed by atoms with Crippen molar-refractivity contribution in [1.29, 1.82) is 0 Å². The summed E-state index contributed by atoms with van der Waals surface area (Å²) in [7, 11) is 1.69. The number of rotatable bonds is 14. The number of ether oxygens (including phenoxy) is 5. The molecule has 0 saturated heterocycles. The molecular weight excluding hydrogens is 362 g/mol. The van der Waals surface area contributed by atoms with Crippen LogP contribution in [0.1, 0.15) is 26.3 Å². The third kappa shape index (κ3) is 13.5.